The molecule has 1 atom stereocenters. The average Bonchev–Trinajstić information content (AvgIpc) is 3.52. The van der Waals surface area contributed by atoms with Crippen LogP contribution in [0.3, 0.4) is 0 Å². The van der Waals surface area contributed by atoms with Gasteiger partial charge < -0.3 is 9.15 Å². The van der Waals surface area contributed by atoms with Crippen molar-refractivity contribution >= 4 is 22.0 Å². The van der Waals surface area contributed by atoms with Crippen molar-refractivity contribution in [3.8, 4) is 22.9 Å². The molecular weight excluding hydrogens is 414 g/mol. The van der Waals surface area contributed by atoms with Gasteiger partial charge in [-0.1, -0.05) is 35.5 Å². The van der Waals surface area contributed by atoms with E-state index in [1.807, 2.05) is 92.0 Å². The van der Waals surface area contributed by atoms with Gasteiger partial charge in [-0.25, -0.2) is 9.67 Å². The lowest BCUT2D eigenvalue weighted by Crippen LogP contribution is -2.04. The highest BCUT2D eigenvalue weighted by atomic mass is 16.5. The summed E-state index contributed by atoms with van der Waals surface area (Å²) in [7, 11) is 0. The van der Waals surface area contributed by atoms with Crippen molar-refractivity contribution in [2.75, 3.05) is 0 Å². The number of benzene rings is 3. The predicted octanol–water partition coefficient (Wildman–Crippen LogP) is 5.76. The maximum atomic E-state index is 6.20. The minimum atomic E-state index is -0.287. The molecule has 7 heteroatoms. The third kappa shape index (κ3) is 3.59. The van der Waals surface area contributed by atoms with Gasteiger partial charge in [0.2, 0.25) is 5.89 Å². The smallest absolute Gasteiger partial charge is 0.227 e. The van der Waals surface area contributed by atoms with Gasteiger partial charge in [-0.15, -0.1) is 5.10 Å². The van der Waals surface area contributed by atoms with E-state index in [0.29, 0.717) is 5.89 Å². The molecule has 0 aliphatic heterocycles. The van der Waals surface area contributed by atoms with Crippen LogP contribution in [0.4, 0.5) is 0 Å². The van der Waals surface area contributed by atoms with Crippen LogP contribution in [-0.2, 0) is 0 Å². The molecule has 33 heavy (non-hydrogen) atoms. The van der Waals surface area contributed by atoms with Gasteiger partial charge in [0, 0.05) is 17.1 Å². The second-order valence-electron chi connectivity index (χ2n) is 7.71. The first-order valence-electron chi connectivity index (χ1n) is 10.6. The van der Waals surface area contributed by atoms with Gasteiger partial charge in [0.15, 0.2) is 5.58 Å². The van der Waals surface area contributed by atoms with Crippen LogP contribution >= 0.6 is 0 Å². The molecule has 0 radical (unpaired) electrons. The van der Waals surface area contributed by atoms with E-state index in [9.17, 15) is 0 Å². The number of rotatable bonds is 5. The number of aromatic nitrogens is 5. The van der Waals surface area contributed by atoms with Gasteiger partial charge in [-0.2, -0.15) is 0 Å². The number of ether oxygens (including phenoxy) is 1. The molecule has 0 saturated heterocycles. The fourth-order valence-electron chi connectivity index (χ4n) is 3.77. The van der Waals surface area contributed by atoms with Crippen molar-refractivity contribution < 1.29 is 9.15 Å². The predicted molar refractivity (Wildman–Crippen MR) is 125 cm³/mol. The van der Waals surface area contributed by atoms with E-state index in [1.54, 1.807) is 10.9 Å². The lowest BCUT2D eigenvalue weighted by molar-refractivity contribution is 0.224. The van der Waals surface area contributed by atoms with E-state index in [1.165, 1.54) is 0 Å². The molecule has 0 N–H and O–H groups in total. The number of pyridine rings is 1. The molecule has 7 nitrogen and oxygen atoms in total. The van der Waals surface area contributed by atoms with Crippen LogP contribution in [0.25, 0.3) is 39.1 Å². The average molecular weight is 433 g/mol. The Bertz CT molecular complexity index is 1570. The molecule has 0 fully saturated rings. The van der Waals surface area contributed by atoms with E-state index >= 15 is 0 Å². The highest BCUT2D eigenvalue weighted by Gasteiger charge is 2.15. The molecule has 0 amide bonds. The highest BCUT2D eigenvalue weighted by molar-refractivity contribution is 5.84. The first-order chi connectivity index (χ1) is 16.2. The number of nitrogens with zero attached hydrogens (tertiary/aromatic N) is 5. The summed E-state index contributed by atoms with van der Waals surface area (Å²) in [6.07, 6.45) is 3.33. The third-order valence-electron chi connectivity index (χ3n) is 5.50. The summed E-state index contributed by atoms with van der Waals surface area (Å²) in [5.41, 5.74) is 4.88. The molecule has 0 bridgehead atoms. The largest absolute Gasteiger partial charge is 0.484 e. The van der Waals surface area contributed by atoms with E-state index in [0.717, 1.165) is 44.7 Å². The minimum Gasteiger partial charge on any atom is -0.484 e. The van der Waals surface area contributed by atoms with Crippen LogP contribution < -0.4 is 4.74 Å². The van der Waals surface area contributed by atoms with Crippen LogP contribution in [0.15, 0.2) is 95.7 Å². The molecule has 6 aromatic rings. The van der Waals surface area contributed by atoms with Gasteiger partial charge in [-0.05, 0) is 55.5 Å². The second-order valence-corrected chi connectivity index (χ2v) is 7.71. The van der Waals surface area contributed by atoms with Gasteiger partial charge in [0.05, 0.1) is 17.4 Å². The molecule has 3 aromatic carbocycles. The van der Waals surface area contributed by atoms with E-state index in [2.05, 4.69) is 20.3 Å². The maximum Gasteiger partial charge on any atom is 0.227 e. The summed E-state index contributed by atoms with van der Waals surface area (Å²) in [5.74, 6) is 1.36. The third-order valence-corrected chi connectivity index (χ3v) is 5.50. The van der Waals surface area contributed by atoms with Crippen molar-refractivity contribution in [1.82, 2.24) is 25.0 Å². The molecule has 3 heterocycles. The Balaban J connectivity index is 1.27. The Morgan fingerprint density at radius 3 is 2.67 bits per heavy atom. The van der Waals surface area contributed by atoms with Gasteiger partial charge >= 0.3 is 0 Å². The van der Waals surface area contributed by atoms with Crippen molar-refractivity contribution in [1.29, 1.82) is 0 Å². The fraction of sp³-hybridized carbons (Fsp3) is 0.0769. The zero-order valence-corrected chi connectivity index (χ0v) is 17.8. The SMILES string of the molecule is CC(Oc1ccnc2ccccc12)c1cn(-c2ccc3oc(-c4ccccc4)nc3c2)nn1. The summed E-state index contributed by atoms with van der Waals surface area (Å²) in [6, 6.07) is 25.4. The minimum absolute atomic E-state index is 0.287. The van der Waals surface area contributed by atoms with Crippen LogP contribution in [-0.4, -0.2) is 25.0 Å². The molecule has 160 valence electrons. The summed E-state index contributed by atoms with van der Waals surface area (Å²) >= 11 is 0. The Labute approximate surface area is 189 Å². The van der Waals surface area contributed by atoms with E-state index < -0.39 is 0 Å². The molecule has 1 unspecified atom stereocenters. The van der Waals surface area contributed by atoms with Crippen LogP contribution in [0, 0.1) is 0 Å². The Morgan fingerprint density at radius 2 is 1.76 bits per heavy atom. The van der Waals surface area contributed by atoms with Crippen molar-refractivity contribution in [3.63, 3.8) is 0 Å². The van der Waals surface area contributed by atoms with Gasteiger partial charge in [-0.3, -0.25) is 4.98 Å². The topological polar surface area (TPSA) is 78.9 Å². The summed E-state index contributed by atoms with van der Waals surface area (Å²) in [4.78, 5) is 9.02. The molecule has 0 aliphatic carbocycles. The van der Waals surface area contributed by atoms with Crippen LogP contribution in [0.1, 0.15) is 18.7 Å². The van der Waals surface area contributed by atoms with E-state index in [-0.39, 0.29) is 6.10 Å². The molecule has 0 saturated carbocycles. The quantitative estimate of drug-likeness (QED) is 0.344. The van der Waals surface area contributed by atoms with E-state index in [4.69, 9.17) is 9.15 Å². The summed E-state index contributed by atoms with van der Waals surface area (Å²) < 4.78 is 13.8. The molecule has 3 aromatic heterocycles. The van der Waals surface area contributed by atoms with Crippen LogP contribution in [0.5, 0.6) is 5.75 Å². The van der Waals surface area contributed by atoms with Gasteiger partial charge in [0.25, 0.3) is 0 Å². The van der Waals surface area contributed by atoms with Gasteiger partial charge in [0.1, 0.15) is 23.1 Å². The number of hydrogen-bond acceptors (Lipinski definition) is 6. The lowest BCUT2D eigenvalue weighted by atomic mass is 10.2. The number of hydrogen-bond donors (Lipinski definition) is 0. The first-order valence-corrected chi connectivity index (χ1v) is 10.6. The normalized spacial score (nSPS) is 12.3. The zero-order chi connectivity index (χ0) is 22.2. The molecule has 0 spiro atoms. The Morgan fingerprint density at radius 1 is 0.909 bits per heavy atom. The van der Waals surface area contributed by atoms with Crippen molar-refractivity contribution in [2.45, 2.75) is 13.0 Å². The Hall–Kier alpha value is -4.52. The highest BCUT2D eigenvalue weighted by Crippen LogP contribution is 2.29. The van der Waals surface area contributed by atoms with Crippen LogP contribution in [0.2, 0.25) is 0 Å². The standard InChI is InChI=1S/C26H19N5O2/c1-17(32-24-13-14-27-21-10-6-5-9-20(21)24)23-16-31(30-29-23)19-11-12-25-22(15-19)28-26(33-25)18-7-3-2-4-8-18/h2-17H,1H3. The molecule has 0 aliphatic rings. The van der Waals surface area contributed by atoms with Crippen molar-refractivity contribution in [3.05, 3.63) is 97.0 Å². The molecular formula is C26H19N5O2. The zero-order valence-electron chi connectivity index (χ0n) is 17.8. The Kier molecular flexibility index (Phi) is 4.58. The monoisotopic (exact) mass is 433 g/mol. The second kappa shape index (κ2) is 7.87. The summed E-state index contributed by atoms with van der Waals surface area (Å²) in [5, 5.41) is 9.59. The summed E-state index contributed by atoms with van der Waals surface area (Å²) in [6.45, 7) is 1.95. The number of fused-ring (bicyclic) bond motifs is 2. The lowest BCUT2D eigenvalue weighted by Gasteiger charge is -2.13. The van der Waals surface area contributed by atoms with Crippen molar-refractivity contribution in [2.24, 2.45) is 0 Å². The number of para-hydroxylation sites is 1. The maximum absolute atomic E-state index is 6.20. The fourth-order valence-corrected chi connectivity index (χ4v) is 3.77. The number of oxazole rings is 1. The molecule has 6 rings (SSSR count). The first kappa shape index (κ1) is 19.2.